The van der Waals surface area contributed by atoms with Gasteiger partial charge in [-0.05, 0) is 79.9 Å². The zero-order chi connectivity index (χ0) is 29.0. The molecule has 0 unspecified atom stereocenters. The molecule has 2 heterocycles. The van der Waals surface area contributed by atoms with E-state index in [0.29, 0.717) is 19.6 Å². The second-order valence-corrected chi connectivity index (χ2v) is 10.8. The molecule has 7 nitrogen and oxygen atoms in total. The maximum Gasteiger partial charge on any atom is 0.251 e. The molecule has 220 valence electrons. The second kappa shape index (κ2) is 15.6. The average molecular weight is 560 g/mol. The molecule has 41 heavy (non-hydrogen) atoms. The van der Waals surface area contributed by atoms with Crippen LogP contribution in [0.2, 0.25) is 0 Å². The third kappa shape index (κ3) is 9.05. The third-order valence-corrected chi connectivity index (χ3v) is 7.41. The predicted octanol–water partition coefficient (Wildman–Crippen LogP) is 5.68. The Morgan fingerprint density at radius 2 is 1.93 bits per heavy atom. The van der Waals surface area contributed by atoms with E-state index in [1.807, 2.05) is 25.1 Å². The Kier molecular flexibility index (Phi) is 11.6. The van der Waals surface area contributed by atoms with Crippen LogP contribution in [-0.4, -0.2) is 76.6 Å². The van der Waals surface area contributed by atoms with Gasteiger partial charge in [0.25, 0.3) is 5.91 Å². The molecule has 0 spiro atoms. The highest BCUT2D eigenvalue weighted by Crippen LogP contribution is 2.33. The molecule has 1 N–H and O–H groups in total. The highest BCUT2D eigenvalue weighted by atomic mass is 16.5. The molecule has 2 aromatic rings. The minimum atomic E-state index is -0.0763. The first-order valence-corrected chi connectivity index (χ1v) is 14.8. The number of carbonyl (C=O) groups is 1. The van der Waals surface area contributed by atoms with Gasteiger partial charge in [0.1, 0.15) is 12.4 Å². The lowest BCUT2D eigenvalue weighted by atomic mass is 10.00. The SMILES string of the molecule is C=C/C=C(\C)NC(=O)C1=Cc2cc(-c3ccc(OCCOCCCC)cc3)ccc2N(C[C@H]2CN(C)CCO2)CC1. The number of anilines is 1. The van der Waals surface area contributed by atoms with Gasteiger partial charge in [0.2, 0.25) is 0 Å². The van der Waals surface area contributed by atoms with Crippen LogP contribution in [0.4, 0.5) is 5.69 Å². The Bertz CT molecular complexity index is 1220. The minimum Gasteiger partial charge on any atom is -0.491 e. The normalized spacial score (nSPS) is 17.8. The van der Waals surface area contributed by atoms with Gasteiger partial charge < -0.3 is 29.3 Å². The van der Waals surface area contributed by atoms with E-state index in [2.05, 4.69) is 66.0 Å². The zero-order valence-corrected chi connectivity index (χ0v) is 24.9. The summed E-state index contributed by atoms with van der Waals surface area (Å²) in [6.45, 7) is 13.8. The number of nitrogens with zero attached hydrogens (tertiary/aromatic N) is 2. The lowest BCUT2D eigenvalue weighted by Gasteiger charge is -2.35. The number of likely N-dealkylation sites (N-methyl/N-ethyl adjacent to an activating group) is 1. The summed E-state index contributed by atoms with van der Waals surface area (Å²) in [4.78, 5) is 17.9. The summed E-state index contributed by atoms with van der Waals surface area (Å²) in [6.07, 6.45) is 8.50. The number of rotatable bonds is 13. The maximum absolute atomic E-state index is 13.2. The van der Waals surface area contributed by atoms with Crippen molar-refractivity contribution in [3.63, 3.8) is 0 Å². The van der Waals surface area contributed by atoms with Crippen LogP contribution >= 0.6 is 0 Å². The maximum atomic E-state index is 13.2. The van der Waals surface area contributed by atoms with Crippen molar-refractivity contribution in [1.29, 1.82) is 0 Å². The molecule has 1 saturated heterocycles. The van der Waals surface area contributed by atoms with Crippen molar-refractivity contribution >= 4 is 17.7 Å². The van der Waals surface area contributed by atoms with Crippen molar-refractivity contribution < 1.29 is 19.0 Å². The summed E-state index contributed by atoms with van der Waals surface area (Å²) in [7, 11) is 2.14. The van der Waals surface area contributed by atoms with Crippen LogP contribution in [-0.2, 0) is 14.3 Å². The molecule has 2 aliphatic heterocycles. The molecule has 4 rings (SSSR count). The van der Waals surface area contributed by atoms with Crippen molar-refractivity contribution in [2.75, 3.05) is 64.6 Å². The summed E-state index contributed by atoms with van der Waals surface area (Å²) in [5.41, 5.74) is 5.87. The molecule has 1 amide bonds. The fraction of sp³-hybridized carbons (Fsp3) is 0.441. The first-order chi connectivity index (χ1) is 20.0. The number of hydrogen-bond acceptors (Lipinski definition) is 6. The molecule has 2 aliphatic rings. The molecule has 0 aromatic heterocycles. The number of ether oxygens (including phenoxy) is 3. The van der Waals surface area contributed by atoms with Gasteiger partial charge in [0, 0.05) is 49.7 Å². The van der Waals surface area contributed by atoms with Crippen LogP contribution in [0, 0.1) is 0 Å². The number of allylic oxidation sites excluding steroid dienone is 3. The topological polar surface area (TPSA) is 63.3 Å². The Morgan fingerprint density at radius 3 is 2.68 bits per heavy atom. The number of amides is 1. The number of hydrogen-bond donors (Lipinski definition) is 1. The van der Waals surface area contributed by atoms with Crippen LogP contribution in [0.5, 0.6) is 5.75 Å². The van der Waals surface area contributed by atoms with Crippen molar-refractivity contribution in [1.82, 2.24) is 10.2 Å². The highest BCUT2D eigenvalue weighted by Gasteiger charge is 2.25. The van der Waals surface area contributed by atoms with Gasteiger partial charge in [0.05, 0.1) is 19.3 Å². The predicted molar refractivity (Wildman–Crippen MR) is 167 cm³/mol. The molecule has 2 aromatic carbocycles. The smallest absolute Gasteiger partial charge is 0.251 e. The molecule has 0 aliphatic carbocycles. The fourth-order valence-electron chi connectivity index (χ4n) is 5.15. The minimum absolute atomic E-state index is 0.0763. The van der Waals surface area contributed by atoms with Gasteiger partial charge in [-0.1, -0.05) is 44.2 Å². The average Bonchev–Trinajstić information content (AvgIpc) is 3.14. The number of unbranched alkanes of at least 4 members (excludes halogenated alkanes) is 1. The van der Waals surface area contributed by atoms with Gasteiger partial charge in [-0.25, -0.2) is 0 Å². The van der Waals surface area contributed by atoms with Crippen LogP contribution in [0.25, 0.3) is 17.2 Å². The van der Waals surface area contributed by atoms with E-state index in [0.717, 1.165) is 91.6 Å². The Balaban J connectivity index is 1.53. The number of morpholine rings is 1. The van der Waals surface area contributed by atoms with Crippen LogP contribution in [0.15, 0.2) is 72.5 Å². The van der Waals surface area contributed by atoms with Crippen molar-refractivity contribution in [3.05, 3.63) is 78.0 Å². The van der Waals surface area contributed by atoms with E-state index < -0.39 is 0 Å². The van der Waals surface area contributed by atoms with Gasteiger partial charge in [-0.15, -0.1) is 0 Å². The molecule has 1 atom stereocenters. The standard InChI is InChI=1S/C34H45N3O4/c1-5-7-18-39-20-21-41-31-12-9-27(10-13-31)28-11-14-33-30(22-28)23-29(34(38)35-26(3)8-6-2)15-16-37(33)25-32-24-36(4)17-19-40-32/h6,8-14,22-23,32H,2,5,7,15-21,24-25H2,1,3-4H3,(H,35,38)/b26-8+/t32-/m1/s1. The van der Waals surface area contributed by atoms with Gasteiger partial charge >= 0.3 is 0 Å². The van der Waals surface area contributed by atoms with Crippen LogP contribution in [0.3, 0.4) is 0 Å². The molecular weight excluding hydrogens is 514 g/mol. The zero-order valence-electron chi connectivity index (χ0n) is 24.9. The van der Waals surface area contributed by atoms with Crippen molar-refractivity contribution in [2.45, 2.75) is 39.2 Å². The van der Waals surface area contributed by atoms with Crippen LogP contribution in [0.1, 0.15) is 38.7 Å². The quantitative estimate of drug-likeness (QED) is 0.252. The summed E-state index contributed by atoms with van der Waals surface area (Å²) in [6, 6.07) is 14.7. The molecule has 0 bridgehead atoms. The lowest BCUT2D eigenvalue weighted by Crippen LogP contribution is -2.46. The Hall–Kier alpha value is -3.39. The Labute approximate surface area is 245 Å². The summed E-state index contributed by atoms with van der Waals surface area (Å²) in [5.74, 6) is 0.751. The molecule has 0 saturated carbocycles. The lowest BCUT2D eigenvalue weighted by molar-refractivity contribution is -0.116. The number of fused-ring (bicyclic) bond motifs is 1. The highest BCUT2D eigenvalue weighted by molar-refractivity contribution is 6.00. The first-order valence-electron chi connectivity index (χ1n) is 14.8. The monoisotopic (exact) mass is 559 g/mol. The van der Waals surface area contributed by atoms with Crippen molar-refractivity contribution in [3.8, 4) is 16.9 Å². The Morgan fingerprint density at radius 1 is 1.12 bits per heavy atom. The first kappa shape index (κ1) is 30.6. The van der Waals surface area contributed by atoms with E-state index in [-0.39, 0.29) is 12.0 Å². The fourth-order valence-corrected chi connectivity index (χ4v) is 5.15. The van der Waals surface area contributed by atoms with Gasteiger partial charge in [0.15, 0.2) is 0 Å². The summed E-state index contributed by atoms with van der Waals surface area (Å²) < 4.78 is 17.5. The molecule has 7 heteroatoms. The van der Waals surface area contributed by atoms with E-state index in [1.165, 1.54) is 0 Å². The number of benzene rings is 2. The third-order valence-electron chi connectivity index (χ3n) is 7.41. The van der Waals surface area contributed by atoms with E-state index in [9.17, 15) is 4.79 Å². The molecular formula is C34H45N3O4. The number of nitrogens with one attached hydrogen (secondary N) is 1. The van der Waals surface area contributed by atoms with E-state index in [1.54, 1.807) is 12.2 Å². The van der Waals surface area contributed by atoms with Crippen LogP contribution < -0.4 is 15.0 Å². The van der Waals surface area contributed by atoms with Gasteiger partial charge in [-0.2, -0.15) is 0 Å². The van der Waals surface area contributed by atoms with E-state index >= 15 is 0 Å². The second-order valence-electron chi connectivity index (χ2n) is 10.8. The number of carbonyl (C=O) groups excluding carboxylic acids is 1. The summed E-state index contributed by atoms with van der Waals surface area (Å²) >= 11 is 0. The largest absolute Gasteiger partial charge is 0.491 e. The van der Waals surface area contributed by atoms with E-state index in [4.69, 9.17) is 14.2 Å². The summed E-state index contributed by atoms with van der Waals surface area (Å²) in [5, 5.41) is 3.00. The van der Waals surface area contributed by atoms with Gasteiger partial charge in [-0.3, -0.25) is 4.79 Å². The molecule has 0 radical (unpaired) electrons. The molecule has 1 fully saturated rings. The van der Waals surface area contributed by atoms with Crippen molar-refractivity contribution in [2.24, 2.45) is 0 Å².